The highest BCUT2D eigenvalue weighted by atomic mass is 35.5. The van der Waals surface area contributed by atoms with Crippen LogP contribution in [0.25, 0.3) is 16.7 Å². The Balaban J connectivity index is 0.00000141. The van der Waals surface area contributed by atoms with Crippen LogP contribution in [0.4, 0.5) is 0 Å². The summed E-state index contributed by atoms with van der Waals surface area (Å²) >= 11 is 6.90. The molecule has 0 saturated carbocycles. The molecule has 0 fully saturated rings. The molecule has 0 N–H and O–H groups in total. The summed E-state index contributed by atoms with van der Waals surface area (Å²) < 4.78 is 6.87. The van der Waals surface area contributed by atoms with Crippen LogP contribution in [0.2, 0.25) is 5.02 Å². The number of hydrogen-bond donors (Lipinski definition) is 0. The fraction of sp³-hybridized carbons (Fsp3) is 0.269. The van der Waals surface area contributed by atoms with Gasteiger partial charge in [-0.15, -0.1) is 0 Å². The normalized spacial score (nSPS) is 12.1. The second kappa shape index (κ2) is 9.96. The van der Waals surface area contributed by atoms with Crippen molar-refractivity contribution >= 4 is 28.6 Å². The van der Waals surface area contributed by atoms with Gasteiger partial charge in [-0.25, -0.2) is 9.67 Å². The Labute approximate surface area is 194 Å². The minimum Gasteiger partial charge on any atom is -0.469 e. The highest BCUT2D eigenvalue weighted by molar-refractivity contribution is 6.36. The van der Waals surface area contributed by atoms with E-state index < -0.39 is 5.41 Å². The van der Waals surface area contributed by atoms with Crippen LogP contribution in [0.5, 0.6) is 0 Å². The summed E-state index contributed by atoms with van der Waals surface area (Å²) in [7, 11) is 1.40. The van der Waals surface area contributed by atoms with Gasteiger partial charge in [0.25, 0.3) is 0 Å². The van der Waals surface area contributed by atoms with E-state index in [2.05, 4.69) is 10.1 Å². The lowest BCUT2D eigenvalue weighted by Gasteiger charge is -2.33. The first-order valence-corrected chi connectivity index (χ1v) is 11.0. The van der Waals surface area contributed by atoms with Crippen molar-refractivity contribution < 1.29 is 9.53 Å². The van der Waals surface area contributed by atoms with Crippen LogP contribution >= 0.6 is 11.6 Å². The molecular weight excluding hydrogens is 422 g/mol. The largest absolute Gasteiger partial charge is 0.469 e. The van der Waals surface area contributed by atoms with Gasteiger partial charge in [0.1, 0.15) is 0 Å². The second-order valence-electron chi connectivity index (χ2n) is 7.71. The van der Waals surface area contributed by atoms with E-state index in [0.717, 1.165) is 22.2 Å². The molecule has 4 aromatic rings. The predicted molar refractivity (Wildman–Crippen MR) is 129 cm³/mol. The van der Waals surface area contributed by atoms with Crippen molar-refractivity contribution in [3.8, 4) is 5.69 Å². The van der Waals surface area contributed by atoms with Crippen LogP contribution in [-0.2, 0) is 9.53 Å². The van der Waals surface area contributed by atoms with Crippen molar-refractivity contribution in [3.05, 3.63) is 89.2 Å². The molecule has 166 valence electrons. The van der Waals surface area contributed by atoms with Gasteiger partial charge in [-0.2, -0.15) is 5.10 Å². The van der Waals surface area contributed by atoms with Gasteiger partial charge in [0, 0.05) is 12.1 Å². The standard InChI is InChI=1S/C24H22ClN3O2.C2H6/c1-24(2,23(29)30-3)20(16-10-6-4-7-11-16)18-14-26-22-19(21(18)25)15-27-28(22)17-12-8-5-9-13-17;1-2/h4-15,20H,1-3H3;1-2H3. The zero-order valence-electron chi connectivity index (χ0n) is 19.0. The summed E-state index contributed by atoms with van der Waals surface area (Å²) in [5.41, 5.74) is 2.44. The molecule has 2 aromatic heterocycles. The number of esters is 1. The molecule has 0 bridgehead atoms. The van der Waals surface area contributed by atoms with Crippen LogP contribution in [0.3, 0.4) is 0 Å². The van der Waals surface area contributed by atoms with E-state index in [1.807, 2.05) is 88.4 Å². The number of aromatic nitrogens is 3. The molecule has 0 spiro atoms. The van der Waals surface area contributed by atoms with E-state index in [-0.39, 0.29) is 11.9 Å². The third kappa shape index (κ3) is 4.26. The first kappa shape index (κ1) is 23.5. The molecule has 32 heavy (non-hydrogen) atoms. The molecule has 5 nitrogen and oxygen atoms in total. The van der Waals surface area contributed by atoms with E-state index >= 15 is 0 Å². The minimum atomic E-state index is -0.857. The second-order valence-corrected chi connectivity index (χ2v) is 8.09. The van der Waals surface area contributed by atoms with Crippen LogP contribution in [-0.4, -0.2) is 27.8 Å². The van der Waals surface area contributed by atoms with Crippen LogP contribution in [0, 0.1) is 5.41 Å². The highest BCUT2D eigenvalue weighted by Gasteiger charge is 2.41. The molecule has 2 aromatic carbocycles. The van der Waals surface area contributed by atoms with Gasteiger partial charge in [-0.3, -0.25) is 4.79 Å². The van der Waals surface area contributed by atoms with Gasteiger partial charge < -0.3 is 4.74 Å². The number of ether oxygens (including phenoxy) is 1. The number of methoxy groups -OCH3 is 1. The first-order chi connectivity index (χ1) is 15.4. The third-order valence-electron chi connectivity index (χ3n) is 5.44. The minimum absolute atomic E-state index is 0.313. The zero-order chi connectivity index (χ0) is 23.3. The van der Waals surface area contributed by atoms with Crippen molar-refractivity contribution in [2.45, 2.75) is 33.6 Å². The zero-order valence-corrected chi connectivity index (χ0v) is 19.8. The maximum Gasteiger partial charge on any atom is 0.312 e. The summed E-state index contributed by atoms with van der Waals surface area (Å²) in [6.45, 7) is 7.73. The Morgan fingerprint density at radius 3 is 2.19 bits per heavy atom. The summed E-state index contributed by atoms with van der Waals surface area (Å²) in [5, 5.41) is 5.76. The summed E-state index contributed by atoms with van der Waals surface area (Å²) in [6.07, 6.45) is 3.46. The fourth-order valence-electron chi connectivity index (χ4n) is 3.93. The number of halogens is 1. The number of nitrogens with zero attached hydrogens (tertiary/aromatic N) is 3. The Morgan fingerprint density at radius 2 is 1.59 bits per heavy atom. The molecule has 1 atom stereocenters. The average Bonchev–Trinajstić information content (AvgIpc) is 3.27. The van der Waals surface area contributed by atoms with Gasteiger partial charge in [-0.1, -0.05) is 74.0 Å². The lowest BCUT2D eigenvalue weighted by atomic mass is 9.71. The number of hydrogen-bond acceptors (Lipinski definition) is 4. The van der Waals surface area contributed by atoms with Crippen molar-refractivity contribution in [1.82, 2.24) is 14.8 Å². The smallest absolute Gasteiger partial charge is 0.312 e. The molecule has 2 heterocycles. The van der Waals surface area contributed by atoms with E-state index in [9.17, 15) is 4.79 Å². The van der Waals surface area contributed by atoms with Crippen molar-refractivity contribution in [1.29, 1.82) is 0 Å². The summed E-state index contributed by atoms with van der Waals surface area (Å²) in [4.78, 5) is 17.4. The Morgan fingerprint density at radius 1 is 1.00 bits per heavy atom. The van der Waals surface area contributed by atoms with Gasteiger partial charge in [0.2, 0.25) is 0 Å². The maximum atomic E-state index is 12.7. The van der Waals surface area contributed by atoms with Crippen LogP contribution < -0.4 is 0 Å². The first-order valence-electron chi connectivity index (χ1n) is 10.7. The SMILES string of the molecule is CC.COC(=O)C(C)(C)C(c1ccccc1)c1cnc2c(cnn2-c2ccccc2)c1Cl. The predicted octanol–water partition coefficient (Wildman–Crippen LogP) is 6.43. The number of benzene rings is 2. The van der Waals surface area contributed by atoms with Gasteiger partial charge in [0.15, 0.2) is 5.65 Å². The van der Waals surface area contributed by atoms with Gasteiger partial charge >= 0.3 is 5.97 Å². The molecule has 0 aliphatic carbocycles. The van der Waals surface area contributed by atoms with Crippen molar-refractivity contribution in [2.24, 2.45) is 5.41 Å². The third-order valence-corrected chi connectivity index (χ3v) is 5.86. The molecule has 0 aliphatic heterocycles. The van der Waals surface area contributed by atoms with E-state index in [1.165, 1.54) is 7.11 Å². The topological polar surface area (TPSA) is 57.0 Å². The van der Waals surface area contributed by atoms with E-state index in [4.69, 9.17) is 16.3 Å². The lowest BCUT2D eigenvalue weighted by molar-refractivity contribution is -0.151. The molecule has 0 aliphatic rings. The van der Waals surface area contributed by atoms with Gasteiger partial charge in [-0.05, 0) is 37.1 Å². The molecule has 0 radical (unpaired) electrons. The Bertz CT molecular complexity index is 1190. The number of carbonyl (C=O) groups is 1. The number of para-hydroxylation sites is 1. The van der Waals surface area contributed by atoms with Crippen LogP contribution in [0.15, 0.2) is 73.1 Å². The Hall–Kier alpha value is -3.18. The van der Waals surface area contributed by atoms with Crippen molar-refractivity contribution in [2.75, 3.05) is 7.11 Å². The van der Waals surface area contributed by atoms with Gasteiger partial charge in [0.05, 0.1) is 34.8 Å². The molecule has 6 heteroatoms. The quantitative estimate of drug-likeness (QED) is 0.329. The summed E-state index contributed by atoms with van der Waals surface area (Å²) in [5.74, 6) is -0.650. The fourth-order valence-corrected chi connectivity index (χ4v) is 4.23. The number of pyridine rings is 1. The molecule has 4 rings (SSSR count). The molecule has 0 saturated heterocycles. The number of carbonyl (C=O) groups excluding carboxylic acids is 1. The highest BCUT2D eigenvalue weighted by Crippen LogP contribution is 2.45. The number of fused-ring (bicyclic) bond motifs is 1. The molecule has 1 unspecified atom stereocenters. The number of rotatable bonds is 5. The van der Waals surface area contributed by atoms with Crippen molar-refractivity contribution in [3.63, 3.8) is 0 Å². The monoisotopic (exact) mass is 449 g/mol. The molecular formula is C26H28ClN3O2. The average molecular weight is 450 g/mol. The van der Waals surface area contributed by atoms with E-state index in [1.54, 1.807) is 17.1 Å². The lowest BCUT2D eigenvalue weighted by Crippen LogP contribution is -2.33. The molecule has 0 amide bonds. The van der Waals surface area contributed by atoms with E-state index in [0.29, 0.717) is 10.7 Å². The summed E-state index contributed by atoms with van der Waals surface area (Å²) in [6, 6.07) is 19.6. The van der Waals surface area contributed by atoms with Crippen LogP contribution in [0.1, 0.15) is 44.7 Å². The maximum absolute atomic E-state index is 12.7. The Kier molecular flexibility index (Phi) is 7.31.